The third kappa shape index (κ3) is 2.21. The van der Waals surface area contributed by atoms with Crippen LogP contribution in [0.15, 0.2) is 121 Å². The SMILES string of the molecule is c1ccc(-c2ccc3c4c2-n2c5ccccc5c5ccc6c(c52)C4(c2cccc4c5ccccc5n-3c24)C2CCCC62)cc1. The second-order valence-electron chi connectivity index (χ2n) is 13.5. The molecule has 12 rings (SSSR count). The van der Waals surface area contributed by atoms with Gasteiger partial charge in [-0.15, -0.1) is 0 Å². The van der Waals surface area contributed by atoms with Crippen molar-refractivity contribution in [3.8, 4) is 22.5 Å². The Hall–Kier alpha value is -5.08. The van der Waals surface area contributed by atoms with Gasteiger partial charge in [0, 0.05) is 32.7 Å². The van der Waals surface area contributed by atoms with E-state index in [0.29, 0.717) is 11.8 Å². The number of hydrogen-bond donors (Lipinski definition) is 0. The van der Waals surface area contributed by atoms with E-state index >= 15 is 0 Å². The standard InChI is InChI=1S/C42H28N2/c1-2-10-24(11-3-1)25-22-23-36-38-40(25)44-35-19-7-5-13-28(35)31-21-20-29-26-14-8-16-32(26)42(38,37(29)41(31)44)33-17-9-15-30-27-12-4-6-18-34(27)43(36)39(30)33/h1-7,9-13,15,17-23,26,32H,8,14,16H2. The summed E-state index contributed by atoms with van der Waals surface area (Å²) in [5, 5.41) is 5.49. The molecule has 3 atom stereocenters. The average Bonchev–Trinajstić information content (AvgIpc) is 3.84. The van der Waals surface area contributed by atoms with Gasteiger partial charge in [-0.25, -0.2) is 0 Å². The van der Waals surface area contributed by atoms with Gasteiger partial charge >= 0.3 is 0 Å². The second-order valence-corrected chi connectivity index (χ2v) is 13.5. The molecule has 1 spiro atoms. The van der Waals surface area contributed by atoms with Crippen LogP contribution in [0, 0.1) is 5.92 Å². The maximum Gasteiger partial charge on any atom is 0.0606 e. The monoisotopic (exact) mass is 560 g/mol. The summed E-state index contributed by atoms with van der Waals surface area (Å²) in [5.41, 5.74) is 16.9. The topological polar surface area (TPSA) is 9.86 Å². The fraction of sp³-hybridized carbons (Fsp3) is 0.143. The molecule has 1 saturated carbocycles. The molecule has 2 heteroatoms. The van der Waals surface area contributed by atoms with Crippen molar-refractivity contribution in [2.45, 2.75) is 30.6 Å². The number of para-hydroxylation sites is 3. The van der Waals surface area contributed by atoms with Gasteiger partial charge in [0.05, 0.1) is 38.9 Å². The fourth-order valence-electron chi connectivity index (χ4n) is 10.7. The third-order valence-corrected chi connectivity index (χ3v) is 12.0. The van der Waals surface area contributed by atoms with Crippen LogP contribution in [0.1, 0.15) is 47.4 Å². The number of fused-ring (bicyclic) bond motifs is 10. The molecule has 2 aliphatic heterocycles. The van der Waals surface area contributed by atoms with Gasteiger partial charge in [-0.1, -0.05) is 110 Å². The number of benzene rings is 6. The Labute approximate surface area is 254 Å². The highest BCUT2D eigenvalue weighted by Crippen LogP contribution is 2.70. The van der Waals surface area contributed by atoms with Gasteiger partial charge < -0.3 is 9.13 Å². The quantitative estimate of drug-likeness (QED) is 0.189. The molecule has 0 radical (unpaired) electrons. The Morgan fingerprint density at radius 2 is 1.27 bits per heavy atom. The van der Waals surface area contributed by atoms with Gasteiger partial charge in [-0.3, -0.25) is 0 Å². The van der Waals surface area contributed by atoms with Gasteiger partial charge in [0.15, 0.2) is 0 Å². The molecule has 0 saturated heterocycles. The Balaban J connectivity index is 1.43. The zero-order valence-corrected chi connectivity index (χ0v) is 24.2. The summed E-state index contributed by atoms with van der Waals surface area (Å²) in [6.45, 7) is 0. The van der Waals surface area contributed by atoms with Crippen LogP contribution in [-0.4, -0.2) is 9.13 Å². The maximum atomic E-state index is 2.68. The average molecular weight is 561 g/mol. The first-order valence-corrected chi connectivity index (χ1v) is 16.2. The van der Waals surface area contributed by atoms with Gasteiger partial charge in [0.1, 0.15) is 0 Å². The summed E-state index contributed by atoms with van der Waals surface area (Å²) >= 11 is 0. The molecule has 4 heterocycles. The van der Waals surface area contributed by atoms with Crippen molar-refractivity contribution in [3.05, 3.63) is 144 Å². The Morgan fingerprint density at radius 3 is 2.11 bits per heavy atom. The molecular formula is C42H28N2. The molecule has 3 unspecified atom stereocenters. The third-order valence-electron chi connectivity index (χ3n) is 12.0. The number of rotatable bonds is 1. The molecule has 6 aromatic carbocycles. The predicted octanol–water partition coefficient (Wildman–Crippen LogP) is 10.4. The van der Waals surface area contributed by atoms with Crippen molar-refractivity contribution in [3.63, 3.8) is 0 Å². The lowest BCUT2D eigenvalue weighted by molar-refractivity contribution is 0.382. The van der Waals surface area contributed by atoms with Crippen molar-refractivity contribution < 1.29 is 0 Å². The Morgan fingerprint density at radius 1 is 0.545 bits per heavy atom. The zero-order chi connectivity index (χ0) is 28.3. The maximum absolute atomic E-state index is 2.68. The first-order chi connectivity index (χ1) is 21.9. The Bertz CT molecular complexity index is 2600. The van der Waals surface area contributed by atoms with Crippen molar-refractivity contribution in [2.24, 2.45) is 5.92 Å². The highest BCUT2D eigenvalue weighted by atomic mass is 15.1. The number of hydrogen-bond acceptors (Lipinski definition) is 0. The second kappa shape index (κ2) is 7.34. The van der Waals surface area contributed by atoms with Crippen molar-refractivity contribution in [2.75, 3.05) is 0 Å². The summed E-state index contributed by atoms with van der Waals surface area (Å²) in [5.74, 6) is 1.14. The van der Waals surface area contributed by atoms with Crippen LogP contribution in [0.25, 0.3) is 66.1 Å². The van der Waals surface area contributed by atoms with Crippen molar-refractivity contribution in [1.29, 1.82) is 0 Å². The van der Waals surface area contributed by atoms with Crippen LogP contribution >= 0.6 is 0 Å². The van der Waals surface area contributed by atoms with Crippen LogP contribution in [0.3, 0.4) is 0 Å². The zero-order valence-electron chi connectivity index (χ0n) is 24.2. The normalized spacial score (nSPS) is 21.9. The largest absolute Gasteiger partial charge is 0.309 e. The predicted molar refractivity (Wildman–Crippen MR) is 181 cm³/mol. The first kappa shape index (κ1) is 22.5. The van der Waals surface area contributed by atoms with E-state index in [1.807, 2.05) is 0 Å². The van der Waals surface area contributed by atoms with E-state index in [-0.39, 0.29) is 5.41 Å². The van der Waals surface area contributed by atoms with Gasteiger partial charge in [-0.05, 0) is 65.1 Å². The summed E-state index contributed by atoms with van der Waals surface area (Å²) in [4.78, 5) is 0. The fourth-order valence-corrected chi connectivity index (χ4v) is 10.7. The van der Waals surface area contributed by atoms with E-state index < -0.39 is 0 Å². The first-order valence-electron chi connectivity index (χ1n) is 16.2. The van der Waals surface area contributed by atoms with E-state index in [4.69, 9.17) is 0 Å². The van der Waals surface area contributed by atoms with Crippen LogP contribution in [-0.2, 0) is 5.41 Å². The van der Waals surface area contributed by atoms with E-state index in [1.165, 1.54) is 96.5 Å². The van der Waals surface area contributed by atoms with Crippen molar-refractivity contribution >= 4 is 43.6 Å². The van der Waals surface area contributed by atoms with Gasteiger partial charge in [0.2, 0.25) is 0 Å². The highest BCUT2D eigenvalue weighted by Gasteiger charge is 2.62. The van der Waals surface area contributed by atoms with Crippen LogP contribution in [0.4, 0.5) is 0 Å². The lowest BCUT2D eigenvalue weighted by Gasteiger charge is -2.47. The minimum Gasteiger partial charge on any atom is -0.309 e. The summed E-state index contributed by atoms with van der Waals surface area (Å²) < 4.78 is 5.30. The molecule has 0 bridgehead atoms. The molecule has 2 aliphatic carbocycles. The molecule has 4 aliphatic rings. The van der Waals surface area contributed by atoms with E-state index in [9.17, 15) is 0 Å². The molecule has 8 aromatic rings. The molecule has 1 fully saturated rings. The highest BCUT2D eigenvalue weighted by molar-refractivity contribution is 6.16. The van der Waals surface area contributed by atoms with E-state index in [1.54, 1.807) is 11.1 Å². The van der Waals surface area contributed by atoms with Crippen molar-refractivity contribution in [1.82, 2.24) is 9.13 Å². The summed E-state index contributed by atoms with van der Waals surface area (Å²) in [6, 6.07) is 46.4. The molecule has 2 aromatic heterocycles. The molecule has 0 amide bonds. The molecule has 206 valence electrons. The lowest BCUT2D eigenvalue weighted by atomic mass is 9.60. The van der Waals surface area contributed by atoms with E-state index in [2.05, 4.69) is 130 Å². The van der Waals surface area contributed by atoms with Crippen LogP contribution < -0.4 is 0 Å². The lowest BCUT2D eigenvalue weighted by Crippen LogP contribution is -2.41. The molecule has 44 heavy (non-hydrogen) atoms. The van der Waals surface area contributed by atoms with Gasteiger partial charge in [-0.2, -0.15) is 0 Å². The number of aromatic nitrogens is 2. The minimum absolute atomic E-state index is 0.181. The van der Waals surface area contributed by atoms with E-state index in [0.717, 1.165) is 0 Å². The minimum atomic E-state index is -0.181. The van der Waals surface area contributed by atoms with Crippen LogP contribution in [0.5, 0.6) is 0 Å². The Kier molecular flexibility index (Phi) is 3.75. The van der Waals surface area contributed by atoms with Gasteiger partial charge in [0.25, 0.3) is 0 Å². The molecule has 2 nitrogen and oxygen atoms in total. The molecular weight excluding hydrogens is 532 g/mol. The summed E-state index contributed by atoms with van der Waals surface area (Å²) in [7, 11) is 0. The molecule has 0 N–H and O–H groups in total. The smallest absolute Gasteiger partial charge is 0.0606 e. The summed E-state index contributed by atoms with van der Waals surface area (Å²) in [6.07, 6.45) is 3.86. The van der Waals surface area contributed by atoms with Crippen LogP contribution in [0.2, 0.25) is 0 Å². The number of nitrogens with zero attached hydrogens (tertiary/aromatic N) is 2.